The SMILES string of the molecule is CCCCOc1cc2[nH]c(C3CCCCC3)nc2cc1NC(=O)c1ccc(C)cc1. The van der Waals surface area contributed by atoms with Crippen LogP contribution >= 0.6 is 0 Å². The maximum atomic E-state index is 12.8. The van der Waals surface area contributed by atoms with Gasteiger partial charge in [-0.2, -0.15) is 0 Å². The highest BCUT2D eigenvalue weighted by molar-refractivity contribution is 6.06. The maximum Gasteiger partial charge on any atom is 0.255 e. The molecule has 1 aliphatic carbocycles. The predicted octanol–water partition coefficient (Wildman–Crippen LogP) is 6.35. The molecular formula is C25H31N3O2. The molecule has 3 aromatic rings. The van der Waals surface area contributed by atoms with Crippen LogP contribution in [0.2, 0.25) is 0 Å². The van der Waals surface area contributed by atoms with E-state index in [4.69, 9.17) is 9.72 Å². The van der Waals surface area contributed by atoms with Crippen LogP contribution in [0.1, 0.15) is 79.5 Å². The summed E-state index contributed by atoms with van der Waals surface area (Å²) in [6.07, 6.45) is 8.27. The Balaban J connectivity index is 1.63. The van der Waals surface area contributed by atoms with Crippen LogP contribution in [0, 0.1) is 6.92 Å². The first kappa shape index (κ1) is 20.5. The molecule has 1 amide bonds. The van der Waals surface area contributed by atoms with Crippen molar-refractivity contribution in [1.82, 2.24) is 9.97 Å². The molecule has 30 heavy (non-hydrogen) atoms. The van der Waals surface area contributed by atoms with Crippen molar-refractivity contribution in [3.8, 4) is 5.75 Å². The van der Waals surface area contributed by atoms with Crippen molar-refractivity contribution in [2.24, 2.45) is 0 Å². The number of nitrogens with one attached hydrogen (secondary N) is 2. The van der Waals surface area contributed by atoms with Crippen molar-refractivity contribution in [3.05, 3.63) is 53.3 Å². The number of benzene rings is 2. The summed E-state index contributed by atoms with van der Waals surface area (Å²) in [4.78, 5) is 21.2. The normalized spacial score (nSPS) is 14.7. The second-order valence-corrected chi connectivity index (χ2v) is 8.34. The summed E-state index contributed by atoms with van der Waals surface area (Å²) in [5, 5.41) is 3.04. The van der Waals surface area contributed by atoms with Crippen molar-refractivity contribution in [3.63, 3.8) is 0 Å². The molecule has 1 aromatic heterocycles. The predicted molar refractivity (Wildman–Crippen MR) is 121 cm³/mol. The van der Waals surface area contributed by atoms with Gasteiger partial charge >= 0.3 is 0 Å². The van der Waals surface area contributed by atoms with Gasteiger partial charge in [-0.25, -0.2) is 4.98 Å². The first-order valence-corrected chi connectivity index (χ1v) is 11.2. The lowest BCUT2D eigenvalue weighted by Crippen LogP contribution is -2.13. The summed E-state index contributed by atoms with van der Waals surface area (Å²) in [7, 11) is 0. The Morgan fingerprint density at radius 3 is 2.67 bits per heavy atom. The van der Waals surface area contributed by atoms with Crippen LogP contribution in [0.5, 0.6) is 5.75 Å². The minimum Gasteiger partial charge on any atom is -0.491 e. The summed E-state index contributed by atoms with van der Waals surface area (Å²) in [5.41, 5.74) is 4.27. The van der Waals surface area contributed by atoms with Crippen molar-refractivity contribution in [2.45, 2.75) is 64.7 Å². The van der Waals surface area contributed by atoms with Crippen LogP contribution in [0.15, 0.2) is 36.4 Å². The molecule has 0 saturated heterocycles. The third-order valence-corrected chi connectivity index (χ3v) is 5.91. The number of fused-ring (bicyclic) bond motifs is 1. The maximum absolute atomic E-state index is 12.8. The zero-order chi connectivity index (χ0) is 20.9. The molecule has 1 saturated carbocycles. The number of H-pyrrole nitrogens is 1. The van der Waals surface area contributed by atoms with Gasteiger partial charge in [0.05, 0.1) is 23.3 Å². The van der Waals surface area contributed by atoms with Crippen LogP contribution < -0.4 is 10.1 Å². The van der Waals surface area contributed by atoms with Gasteiger partial charge < -0.3 is 15.0 Å². The van der Waals surface area contributed by atoms with Crippen molar-refractivity contribution >= 4 is 22.6 Å². The summed E-state index contributed by atoms with van der Waals surface area (Å²) >= 11 is 0. The Hall–Kier alpha value is -2.82. The van der Waals surface area contributed by atoms with E-state index in [0.29, 0.717) is 29.5 Å². The van der Waals surface area contributed by atoms with Crippen LogP contribution in [0.3, 0.4) is 0 Å². The van der Waals surface area contributed by atoms with E-state index < -0.39 is 0 Å². The van der Waals surface area contributed by atoms with Gasteiger partial charge in [-0.15, -0.1) is 0 Å². The monoisotopic (exact) mass is 405 g/mol. The molecule has 2 N–H and O–H groups in total. The molecule has 5 heteroatoms. The molecule has 0 bridgehead atoms. The minimum atomic E-state index is -0.141. The molecule has 1 heterocycles. The highest BCUT2D eigenvalue weighted by Gasteiger charge is 2.20. The van der Waals surface area contributed by atoms with E-state index in [9.17, 15) is 4.79 Å². The third-order valence-electron chi connectivity index (χ3n) is 5.91. The number of carbonyl (C=O) groups is 1. The first-order chi connectivity index (χ1) is 14.6. The second kappa shape index (κ2) is 9.33. The number of hydrogen-bond acceptors (Lipinski definition) is 3. The average molecular weight is 406 g/mol. The lowest BCUT2D eigenvalue weighted by atomic mass is 9.89. The van der Waals surface area contributed by atoms with Crippen LogP contribution in [-0.2, 0) is 0 Å². The first-order valence-electron chi connectivity index (χ1n) is 11.2. The Labute approximate surface area is 178 Å². The van der Waals surface area contributed by atoms with Gasteiger partial charge in [0.1, 0.15) is 11.6 Å². The number of rotatable bonds is 7. The van der Waals surface area contributed by atoms with Crippen LogP contribution in [0.4, 0.5) is 5.69 Å². The van der Waals surface area contributed by atoms with E-state index in [-0.39, 0.29) is 5.91 Å². The molecule has 5 nitrogen and oxygen atoms in total. The molecule has 1 aliphatic rings. The van der Waals surface area contributed by atoms with Crippen molar-refractivity contribution in [1.29, 1.82) is 0 Å². The van der Waals surface area contributed by atoms with E-state index >= 15 is 0 Å². The van der Waals surface area contributed by atoms with Gasteiger partial charge in [-0.05, 0) is 44.4 Å². The number of imidazole rings is 1. The van der Waals surface area contributed by atoms with Crippen LogP contribution in [0.25, 0.3) is 11.0 Å². The molecule has 2 aromatic carbocycles. The average Bonchev–Trinajstić information content (AvgIpc) is 3.18. The van der Waals surface area contributed by atoms with E-state index in [1.807, 2.05) is 43.3 Å². The number of unbranched alkanes of at least 4 members (excludes halogenated alkanes) is 1. The highest BCUT2D eigenvalue weighted by atomic mass is 16.5. The van der Waals surface area contributed by atoms with Gasteiger partial charge in [0.15, 0.2) is 0 Å². The third kappa shape index (κ3) is 4.66. The molecule has 158 valence electrons. The Bertz CT molecular complexity index is 1000. The number of ether oxygens (including phenoxy) is 1. The number of hydrogen-bond donors (Lipinski definition) is 2. The van der Waals surface area contributed by atoms with Gasteiger partial charge in [-0.3, -0.25) is 4.79 Å². The largest absolute Gasteiger partial charge is 0.491 e. The molecular weight excluding hydrogens is 374 g/mol. The fraction of sp³-hybridized carbons (Fsp3) is 0.440. The van der Waals surface area contributed by atoms with Crippen LogP contribution in [-0.4, -0.2) is 22.5 Å². The van der Waals surface area contributed by atoms with Crippen molar-refractivity contribution < 1.29 is 9.53 Å². The smallest absolute Gasteiger partial charge is 0.255 e. The summed E-state index contributed by atoms with van der Waals surface area (Å²) in [6, 6.07) is 11.5. The Morgan fingerprint density at radius 1 is 1.17 bits per heavy atom. The number of carbonyl (C=O) groups excluding carboxylic acids is 1. The number of aromatic nitrogens is 2. The second-order valence-electron chi connectivity index (χ2n) is 8.34. The van der Waals surface area contributed by atoms with Gasteiger partial charge in [0.25, 0.3) is 5.91 Å². The van der Waals surface area contributed by atoms with Gasteiger partial charge in [0.2, 0.25) is 0 Å². The lowest BCUT2D eigenvalue weighted by Gasteiger charge is -2.18. The lowest BCUT2D eigenvalue weighted by molar-refractivity contribution is 0.102. The number of aryl methyl sites for hydroxylation is 1. The topological polar surface area (TPSA) is 67.0 Å². The van der Waals surface area contributed by atoms with E-state index in [1.165, 1.54) is 32.1 Å². The van der Waals surface area contributed by atoms with Gasteiger partial charge in [-0.1, -0.05) is 50.3 Å². The summed E-state index contributed by atoms with van der Waals surface area (Å²) < 4.78 is 6.03. The van der Waals surface area contributed by atoms with E-state index in [1.54, 1.807) is 0 Å². The quantitative estimate of drug-likeness (QED) is 0.450. The molecule has 0 aliphatic heterocycles. The standard InChI is InChI=1S/C25H31N3O2/c1-3-4-14-30-23-16-21-20(26-24(27-21)18-8-6-5-7-9-18)15-22(23)28-25(29)19-12-10-17(2)11-13-19/h10-13,15-16,18H,3-9,14H2,1-2H3,(H,26,27)(H,28,29). The Morgan fingerprint density at radius 2 is 1.93 bits per heavy atom. The molecule has 1 fully saturated rings. The van der Waals surface area contributed by atoms with E-state index in [2.05, 4.69) is 17.2 Å². The number of nitrogens with zero attached hydrogens (tertiary/aromatic N) is 1. The number of aromatic amines is 1. The molecule has 4 rings (SSSR count). The number of anilines is 1. The number of amides is 1. The summed E-state index contributed by atoms with van der Waals surface area (Å²) in [6.45, 7) is 4.77. The van der Waals surface area contributed by atoms with Crippen molar-refractivity contribution in [2.75, 3.05) is 11.9 Å². The summed E-state index contributed by atoms with van der Waals surface area (Å²) in [5.74, 6) is 2.11. The Kier molecular flexibility index (Phi) is 6.36. The van der Waals surface area contributed by atoms with Gasteiger partial charge in [0, 0.05) is 17.5 Å². The molecule has 0 atom stereocenters. The zero-order valence-electron chi connectivity index (χ0n) is 18.0. The zero-order valence-corrected chi connectivity index (χ0v) is 18.0. The molecule has 0 radical (unpaired) electrons. The van der Waals surface area contributed by atoms with E-state index in [0.717, 1.165) is 35.3 Å². The minimum absolute atomic E-state index is 0.141. The molecule has 0 spiro atoms. The molecule has 0 unspecified atom stereocenters. The fourth-order valence-corrected chi connectivity index (χ4v) is 4.07. The fourth-order valence-electron chi connectivity index (χ4n) is 4.07. The highest BCUT2D eigenvalue weighted by Crippen LogP contribution is 2.35.